The van der Waals surface area contributed by atoms with Gasteiger partial charge in [-0.3, -0.25) is 0 Å². The van der Waals surface area contributed by atoms with E-state index >= 15 is 0 Å². The SMILES string of the molecule is Cc1cc(F)ccc1OCC1CC(OCc2ccccc2)C1. The van der Waals surface area contributed by atoms with Crippen molar-refractivity contribution in [2.45, 2.75) is 32.5 Å². The van der Waals surface area contributed by atoms with Crippen LogP contribution >= 0.6 is 0 Å². The first-order chi connectivity index (χ1) is 10.7. The Morgan fingerprint density at radius 1 is 1.09 bits per heavy atom. The molecule has 0 radical (unpaired) electrons. The Labute approximate surface area is 130 Å². The first-order valence-electron chi connectivity index (χ1n) is 7.75. The van der Waals surface area contributed by atoms with Gasteiger partial charge < -0.3 is 9.47 Å². The molecule has 22 heavy (non-hydrogen) atoms. The lowest BCUT2D eigenvalue weighted by Crippen LogP contribution is -2.34. The highest BCUT2D eigenvalue weighted by molar-refractivity contribution is 5.32. The van der Waals surface area contributed by atoms with Crippen molar-refractivity contribution in [3.63, 3.8) is 0 Å². The van der Waals surface area contributed by atoms with E-state index in [-0.39, 0.29) is 5.82 Å². The summed E-state index contributed by atoms with van der Waals surface area (Å²) in [4.78, 5) is 0. The zero-order valence-electron chi connectivity index (χ0n) is 12.8. The summed E-state index contributed by atoms with van der Waals surface area (Å²) in [5.41, 5.74) is 2.06. The highest BCUT2D eigenvalue weighted by atomic mass is 19.1. The summed E-state index contributed by atoms with van der Waals surface area (Å²) in [6, 6.07) is 14.9. The second-order valence-corrected chi connectivity index (χ2v) is 5.98. The lowest BCUT2D eigenvalue weighted by molar-refractivity contribution is -0.0505. The molecule has 1 fully saturated rings. The normalized spacial score (nSPS) is 20.5. The molecule has 0 bridgehead atoms. The van der Waals surface area contributed by atoms with Crippen molar-refractivity contribution in [1.82, 2.24) is 0 Å². The second-order valence-electron chi connectivity index (χ2n) is 5.98. The third-order valence-electron chi connectivity index (χ3n) is 4.13. The van der Waals surface area contributed by atoms with Crippen LogP contribution in [0.4, 0.5) is 4.39 Å². The molecule has 0 unspecified atom stereocenters. The number of hydrogen-bond donors (Lipinski definition) is 0. The minimum Gasteiger partial charge on any atom is -0.493 e. The van der Waals surface area contributed by atoms with E-state index in [9.17, 15) is 4.39 Å². The van der Waals surface area contributed by atoms with Gasteiger partial charge >= 0.3 is 0 Å². The molecule has 1 saturated carbocycles. The van der Waals surface area contributed by atoms with E-state index in [1.165, 1.54) is 17.7 Å². The lowest BCUT2D eigenvalue weighted by atomic mass is 9.83. The quantitative estimate of drug-likeness (QED) is 0.781. The van der Waals surface area contributed by atoms with Crippen LogP contribution in [0.5, 0.6) is 5.75 Å². The van der Waals surface area contributed by atoms with Gasteiger partial charge in [-0.2, -0.15) is 0 Å². The van der Waals surface area contributed by atoms with Gasteiger partial charge in [-0.25, -0.2) is 4.39 Å². The Balaban J connectivity index is 1.37. The maximum Gasteiger partial charge on any atom is 0.123 e. The van der Waals surface area contributed by atoms with E-state index in [2.05, 4.69) is 12.1 Å². The molecule has 3 heteroatoms. The minimum atomic E-state index is -0.220. The Bertz CT molecular complexity index is 606. The standard InChI is InChI=1S/C19H21FO2/c1-14-9-17(20)7-8-19(14)22-13-16-10-18(11-16)21-12-15-5-3-2-4-6-15/h2-9,16,18H,10-13H2,1H3. The van der Waals surface area contributed by atoms with E-state index in [0.29, 0.717) is 25.2 Å². The van der Waals surface area contributed by atoms with Crippen molar-refractivity contribution in [1.29, 1.82) is 0 Å². The van der Waals surface area contributed by atoms with Crippen LogP contribution in [-0.2, 0) is 11.3 Å². The zero-order chi connectivity index (χ0) is 15.4. The fourth-order valence-electron chi connectivity index (χ4n) is 2.72. The van der Waals surface area contributed by atoms with Crippen LogP contribution in [0.15, 0.2) is 48.5 Å². The van der Waals surface area contributed by atoms with E-state index in [0.717, 1.165) is 24.2 Å². The Hall–Kier alpha value is -1.87. The third kappa shape index (κ3) is 3.86. The number of halogens is 1. The topological polar surface area (TPSA) is 18.5 Å². The largest absolute Gasteiger partial charge is 0.493 e. The Kier molecular flexibility index (Phi) is 4.74. The summed E-state index contributed by atoms with van der Waals surface area (Å²) in [5.74, 6) is 1.09. The van der Waals surface area contributed by atoms with Crippen LogP contribution in [-0.4, -0.2) is 12.7 Å². The van der Waals surface area contributed by atoms with E-state index in [4.69, 9.17) is 9.47 Å². The summed E-state index contributed by atoms with van der Waals surface area (Å²) >= 11 is 0. The van der Waals surface area contributed by atoms with Gasteiger partial charge in [0.1, 0.15) is 11.6 Å². The molecule has 0 saturated heterocycles. The van der Waals surface area contributed by atoms with Crippen molar-refractivity contribution in [3.8, 4) is 5.75 Å². The van der Waals surface area contributed by atoms with Crippen LogP contribution in [0.25, 0.3) is 0 Å². The van der Waals surface area contributed by atoms with Gasteiger partial charge in [0.2, 0.25) is 0 Å². The van der Waals surface area contributed by atoms with Crippen LogP contribution in [0, 0.1) is 18.7 Å². The molecule has 1 aliphatic rings. The predicted molar refractivity (Wildman–Crippen MR) is 84.4 cm³/mol. The van der Waals surface area contributed by atoms with Gasteiger partial charge in [-0.1, -0.05) is 30.3 Å². The summed E-state index contributed by atoms with van der Waals surface area (Å²) in [7, 11) is 0. The summed E-state index contributed by atoms with van der Waals surface area (Å²) in [5, 5.41) is 0. The molecule has 0 amide bonds. The molecule has 1 aliphatic carbocycles. The smallest absolute Gasteiger partial charge is 0.123 e. The summed E-state index contributed by atoms with van der Waals surface area (Å²) in [6.45, 7) is 3.22. The zero-order valence-corrected chi connectivity index (χ0v) is 12.8. The molecular weight excluding hydrogens is 279 g/mol. The summed E-state index contributed by atoms with van der Waals surface area (Å²) in [6.07, 6.45) is 2.41. The molecule has 0 aliphatic heterocycles. The van der Waals surface area contributed by atoms with Gasteiger partial charge in [0.25, 0.3) is 0 Å². The number of ether oxygens (including phenoxy) is 2. The summed E-state index contributed by atoms with van der Waals surface area (Å²) < 4.78 is 24.7. The van der Waals surface area contributed by atoms with Gasteiger partial charge in [0.05, 0.1) is 19.3 Å². The molecule has 0 aromatic heterocycles. The molecule has 0 N–H and O–H groups in total. The highest BCUT2D eigenvalue weighted by Crippen LogP contribution is 2.32. The fraction of sp³-hybridized carbons (Fsp3) is 0.368. The van der Waals surface area contributed by atoms with Crippen molar-refractivity contribution >= 4 is 0 Å². The van der Waals surface area contributed by atoms with Crippen LogP contribution in [0.1, 0.15) is 24.0 Å². The number of hydrogen-bond acceptors (Lipinski definition) is 2. The van der Waals surface area contributed by atoms with E-state index in [1.54, 1.807) is 6.07 Å². The molecule has 116 valence electrons. The number of aryl methyl sites for hydroxylation is 1. The highest BCUT2D eigenvalue weighted by Gasteiger charge is 2.30. The van der Waals surface area contributed by atoms with Gasteiger partial charge in [-0.15, -0.1) is 0 Å². The van der Waals surface area contributed by atoms with Crippen molar-refractivity contribution < 1.29 is 13.9 Å². The van der Waals surface area contributed by atoms with Crippen molar-refractivity contribution in [2.24, 2.45) is 5.92 Å². The number of rotatable bonds is 6. The third-order valence-corrected chi connectivity index (χ3v) is 4.13. The van der Waals surface area contributed by atoms with E-state index < -0.39 is 0 Å². The number of benzene rings is 2. The van der Waals surface area contributed by atoms with Crippen LogP contribution in [0.3, 0.4) is 0 Å². The lowest BCUT2D eigenvalue weighted by Gasteiger charge is -2.35. The molecule has 2 aromatic rings. The molecule has 2 aromatic carbocycles. The first-order valence-corrected chi connectivity index (χ1v) is 7.75. The molecule has 0 spiro atoms. The van der Waals surface area contributed by atoms with Crippen molar-refractivity contribution in [3.05, 3.63) is 65.5 Å². The average Bonchev–Trinajstić information content (AvgIpc) is 2.48. The molecule has 0 atom stereocenters. The molecular formula is C19H21FO2. The second kappa shape index (κ2) is 6.93. The maximum absolute atomic E-state index is 13.0. The first kappa shape index (κ1) is 15.0. The van der Waals surface area contributed by atoms with Gasteiger partial charge in [0.15, 0.2) is 0 Å². The predicted octanol–water partition coefficient (Wildman–Crippen LogP) is 4.51. The van der Waals surface area contributed by atoms with Gasteiger partial charge in [-0.05, 0) is 55.0 Å². The fourth-order valence-corrected chi connectivity index (χ4v) is 2.72. The maximum atomic E-state index is 13.0. The minimum absolute atomic E-state index is 0.220. The van der Waals surface area contributed by atoms with Crippen LogP contribution in [0.2, 0.25) is 0 Å². The van der Waals surface area contributed by atoms with Crippen molar-refractivity contribution in [2.75, 3.05) is 6.61 Å². The van der Waals surface area contributed by atoms with Gasteiger partial charge in [0, 0.05) is 0 Å². The Morgan fingerprint density at radius 3 is 2.59 bits per heavy atom. The molecule has 3 rings (SSSR count). The Morgan fingerprint density at radius 2 is 1.86 bits per heavy atom. The molecule has 2 nitrogen and oxygen atoms in total. The van der Waals surface area contributed by atoms with Crippen LogP contribution < -0.4 is 4.74 Å². The molecule has 0 heterocycles. The monoisotopic (exact) mass is 300 g/mol. The average molecular weight is 300 g/mol. The van der Waals surface area contributed by atoms with E-state index in [1.807, 2.05) is 25.1 Å².